The Kier molecular flexibility index (Phi) is 4.90. The molecule has 1 aliphatic rings. The molecule has 1 saturated heterocycles. The maximum absolute atomic E-state index is 12.3. The van der Waals surface area contributed by atoms with E-state index in [0.29, 0.717) is 19.6 Å². The van der Waals surface area contributed by atoms with E-state index in [1.807, 2.05) is 30.3 Å². The Balaban J connectivity index is 1.91. The number of ketones is 1. The monoisotopic (exact) mass is 247 g/mol. The van der Waals surface area contributed by atoms with Crippen LogP contribution in [0.1, 0.15) is 18.9 Å². The van der Waals surface area contributed by atoms with Crippen molar-refractivity contribution in [2.75, 3.05) is 19.8 Å². The first-order chi connectivity index (χ1) is 8.81. The highest BCUT2D eigenvalue weighted by Gasteiger charge is 2.32. The zero-order valence-electron chi connectivity index (χ0n) is 10.9. The maximum atomic E-state index is 12.3. The number of hydrogen-bond donors (Lipinski definition) is 1. The smallest absolute Gasteiger partial charge is 0.144 e. The SMILES string of the molecule is CCCNC1COCC1C(=O)Cc1ccccc1. The number of ether oxygens (including phenoxy) is 1. The van der Waals surface area contributed by atoms with Gasteiger partial charge in [-0.1, -0.05) is 37.3 Å². The number of Topliss-reactive ketones (excluding diaryl/α,β-unsaturated/α-hetero) is 1. The van der Waals surface area contributed by atoms with E-state index in [-0.39, 0.29) is 17.7 Å². The van der Waals surface area contributed by atoms with Crippen LogP contribution in [0.4, 0.5) is 0 Å². The van der Waals surface area contributed by atoms with Gasteiger partial charge in [0.1, 0.15) is 5.78 Å². The molecule has 0 saturated carbocycles. The highest BCUT2D eigenvalue weighted by atomic mass is 16.5. The summed E-state index contributed by atoms with van der Waals surface area (Å²) in [6.45, 7) is 4.30. The van der Waals surface area contributed by atoms with Crippen LogP contribution in [0.15, 0.2) is 30.3 Å². The summed E-state index contributed by atoms with van der Waals surface area (Å²) >= 11 is 0. The molecule has 18 heavy (non-hydrogen) atoms. The van der Waals surface area contributed by atoms with Crippen molar-refractivity contribution < 1.29 is 9.53 Å². The zero-order valence-corrected chi connectivity index (χ0v) is 10.9. The Morgan fingerprint density at radius 1 is 1.33 bits per heavy atom. The molecule has 3 heteroatoms. The molecular weight excluding hydrogens is 226 g/mol. The minimum atomic E-state index is 0.0109. The van der Waals surface area contributed by atoms with Crippen LogP contribution >= 0.6 is 0 Å². The summed E-state index contributed by atoms with van der Waals surface area (Å²) in [4.78, 5) is 12.3. The maximum Gasteiger partial charge on any atom is 0.144 e. The highest BCUT2D eigenvalue weighted by Crippen LogP contribution is 2.17. The first-order valence-corrected chi connectivity index (χ1v) is 6.69. The quantitative estimate of drug-likeness (QED) is 0.833. The van der Waals surface area contributed by atoms with Crippen molar-refractivity contribution in [3.63, 3.8) is 0 Å². The fourth-order valence-corrected chi connectivity index (χ4v) is 2.33. The molecule has 0 bridgehead atoms. The number of benzene rings is 1. The van der Waals surface area contributed by atoms with E-state index in [2.05, 4.69) is 12.2 Å². The zero-order chi connectivity index (χ0) is 12.8. The number of hydrogen-bond acceptors (Lipinski definition) is 3. The normalized spacial score (nSPS) is 23.2. The second-order valence-electron chi connectivity index (χ2n) is 4.83. The second-order valence-corrected chi connectivity index (χ2v) is 4.83. The van der Waals surface area contributed by atoms with Crippen molar-refractivity contribution >= 4 is 5.78 Å². The third-order valence-corrected chi connectivity index (χ3v) is 3.37. The van der Waals surface area contributed by atoms with E-state index in [4.69, 9.17) is 4.74 Å². The molecule has 0 spiro atoms. The Morgan fingerprint density at radius 2 is 2.11 bits per heavy atom. The summed E-state index contributed by atoms with van der Waals surface area (Å²) in [7, 11) is 0. The number of carbonyl (C=O) groups is 1. The van der Waals surface area contributed by atoms with Gasteiger partial charge < -0.3 is 10.1 Å². The number of nitrogens with one attached hydrogen (secondary N) is 1. The van der Waals surface area contributed by atoms with Gasteiger partial charge in [0.2, 0.25) is 0 Å². The number of carbonyl (C=O) groups excluding carboxylic acids is 1. The predicted molar refractivity (Wildman–Crippen MR) is 71.5 cm³/mol. The van der Waals surface area contributed by atoms with Crippen LogP contribution in [-0.4, -0.2) is 31.6 Å². The molecule has 1 aliphatic heterocycles. The molecule has 1 heterocycles. The molecule has 0 amide bonds. The van der Waals surface area contributed by atoms with Crippen LogP contribution in [0.5, 0.6) is 0 Å². The van der Waals surface area contributed by atoms with Gasteiger partial charge in [0.05, 0.1) is 19.1 Å². The molecule has 0 radical (unpaired) electrons. The molecule has 3 nitrogen and oxygen atoms in total. The van der Waals surface area contributed by atoms with Crippen molar-refractivity contribution in [2.24, 2.45) is 5.92 Å². The summed E-state index contributed by atoms with van der Waals surface area (Å²) in [6.07, 6.45) is 1.59. The Morgan fingerprint density at radius 3 is 2.83 bits per heavy atom. The predicted octanol–water partition coefficient (Wildman–Crippen LogP) is 1.81. The van der Waals surface area contributed by atoms with Gasteiger partial charge in [-0.15, -0.1) is 0 Å². The minimum Gasteiger partial charge on any atom is -0.379 e. The molecule has 2 unspecified atom stereocenters. The molecule has 1 aromatic carbocycles. The molecule has 0 aliphatic carbocycles. The molecular formula is C15H21NO2. The fourth-order valence-electron chi connectivity index (χ4n) is 2.33. The lowest BCUT2D eigenvalue weighted by atomic mass is 9.93. The lowest BCUT2D eigenvalue weighted by molar-refractivity contribution is -0.122. The standard InChI is InChI=1S/C15H21NO2/c1-2-8-16-14-11-18-10-13(14)15(17)9-12-6-4-3-5-7-12/h3-7,13-14,16H,2,8-11H2,1H3. The van der Waals surface area contributed by atoms with Crippen LogP contribution in [0.3, 0.4) is 0 Å². The summed E-state index contributed by atoms with van der Waals surface area (Å²) < 4.78 is 5.44. The van der Waals surface area contributed by atoms with Crippen LogP contribution in [0.2, 0.25) is 0 Å². The van der Waals surface area contributed by atoms with E-state index in [0.717, 1.165) is 18.5 Å². The summed E-state index contributed by atoms with van der Waals surface area (Å²) in [6, 6.07) is 10.1. The van der Waals surface area contributed by atoms with Crippen molar-refractivity contribution in [3.8, 4) is 0 Å². The molecule has 2 atom stereocenters. The van der Waals surface area contributed by atoms with Crippen molar-refractivity contribution in [1.82, 2.24) is 5.32 Å². The average molecular weight is 247 g/mol. The summed E-state index contributed by atoms with van der Waals surface area (Å²) in [5.74, 6) is 0.295. The summed E-state index contributed by atoms with van der Waals surface area (Å²) in [5, 5.41) is 3.40. The average Bonchev–Trinajstić information content (AvgIpc) is 2.86. The van der Waals surface area contributed by atoms with Crippen molar-refractivity contribution in [1.29, 1.82) is 0 Å². The van der Waals surface area contributed by atoms with Crippen LogP contribution in [-0.2, 0) is 16.0 Å². The van der Waals surface area contributed by atoms with E-state index >= 15 is 0 Å². The minimum absolute atomic E-state index is 0.0109. The van der Waals surface area contributed by atoms with Gasteiger partial charge in [0.25, 0.3) is 0 Å². The highest BCUT2D eigenvalue weighted by molar-refractivity contribution is 5.84. The topological polar surface area (TPSA) is 38.3 Å². The van der Waals surface area contributed by atoms with Gasteiger partial charge >= 0.3 is 0 Å². The van der Waals surface area contributed by atoms with E-state index < -0.39 is 0 Å². The van der Waals surface area contributed by atoms with E-state index in [9.17, 15) is 4.79 Å². The largest absolute Gasteiger partial charge is 0.379 e. The Bertz CT molecular complexity index is 377. The van der Waals surface area contributed by atoms with Crippen molar-refractivity contribution in [3.05, 3.63) is 35.9 Å². The van der Waals surface area contributed by atoms with E-state index in [1.54, 1.807) is 0 Å². The van der Waals surface area contributed by atoms with Crippen LogP contribution < -0.4 is 5.32 Å². The Hall–Kier alpha value is -1.19. The van der Waals surface area contributed by atoms with Gasteiger partial charge in [-0.05, 0) is 18.5 Å². The van der Waals surface area contributed by atoms with Gasteiger partial charge in [-0.2, -0.15) is 0 Å². The first-order valence-electron chi connectivity index (χ1n) is 6.69. The van der Waals surface area contributed by atoms with Crippen LogP contribution in [0, 0.1) is 5.92 Å². The van der Waals surface area contributed by atoms with Gasteiger partial charge in [-0.3, -0.25) is 4.79 Å². The molecule has 1 fully saturated rings. The molecule has 0 aromatic heterocycles. The van der Waals surface area contributed by atoms with E-state index in [1.165, 1.54) is 0 Å². The fraction of sp³-hybridized carbons (Fsp3) is 0.533. The second kappa shape index (κ2) is 6.66. The molecule has 98 valence electrons. The third-order valence-electron chi connectivity index (χ3n) is 3.37. The van der Waals surface area contributed by atoms with Crippen LogP contribution in [0.25, 0.3) is 0 Å². The first kappa shape index (κ1) is 13.2. The van der Waals surface area contributed by atoms with Gasteiger partial charge in [0.15, 0.2) is 0 Å². The number of rotatable bonds is 6. The molecule has 1 N–H and O–H groups in total. The van der Waals surface area contributed by atoms with Gasteiger partial charge in [-0.25, -0.2) is 0 Å². The molecule has 2 rings (SSSR count). The Labute approximate surface area is 109 Å². The van der Waals surface area contributed by atoms with Crippen molar-refractivity contribution in [2.45, 2.75) is 25.8 Å². The lowest BCUT2D eigenvalue weighted by Gasteiger charge is -2.17. The van der Waals surface area contributed by atoms with Gasteiger partial charge in [0, 0.05) is 12.5 Å². The molecule has 1 aromatic rings. The third kappa shape index (κ3) is 3.40. The summed E-state index contributed by atoms with van der Waals surface area (Å²) in [5.41, 5.74) is 1.09. The lowest BCUT2D eigenvalue weighted by Crippen LogP contribution is -2.40.